The molecular formula is C16H13BrN4O2. The van der Waals surface area contributed by atoms with Crippen molar-refractivity contribution in [3.05, 3.63) is 62.6 Å². The minimum absolute atomic E-state index is 0.0497. The predicted molar refractivity (Wildman–Crippen MR) is 91.4 cm³/mol. The monoisotopic (exact) mass is 372 g/mol. The van der Waals surface area contributed by atoms with Crippen molar-refractivity contribution in [1.29, 1.82) is 0 Å². The van der Waals surface area contributed by atoms with Gasteiger partial charge in [0.05, 0.1) is 17.5 Å². The summed E-state index contributed by atoms with van der Waals surface area (Å²) < 4.78 is 0.879. The molecule has 0 saturated heterocycles. The number of carbonyl (C=O) groups is 1. The summed E-state index contributed by atoms with van der Waals surface area (Å²) in [6.45, 7) is 1.92. The first-order chi connectivity index (χ1) is 11.0. The van der Waals surface area contributed by atoms with Crippen molar-refractivity contribution in [2.24, 2.45) is 0 Å². The summed E-state index contributed by atoms with van der Waals surface area (Å²) in [6, 6.07) is 8.85. The Labute approximate surface area is 140 Å². The van der Waals surface area contributed by atoms with E-state index in [-0.39, 0.29) is 17.9 Å². The van der Waals surface area contributed by atoms with Crippen LogP contribution in [0.2, 0.25) is 0 Å². The van der Waals surface area contributed by atoms with Gasteiger partial charge in [-0.1, -0.05) is 18.2 Å². The standard InChI is InChI=1S/C16H13BrN4O2/c1-9-6-14(18-8-12(9)17)19-15(22)7-13-10-4-2-3-5-11(10)16(23)21-20-13/h2-6,8H,7H2,1H3,(H,21,23)(H,18,19,22). The third-order valence-electron chi connectivity index (χ3n) is 3.42. The quantitative estimate of drug-likeness (QED) is 0.739. The highest BCUT2D eigenvalue weighted by Crippen LogP contribution is 2.18. The summed E-state index contributed by atoms with van der Waals surface area (Å²) in [5.74, 6) is 0.230. The number of hydrogen-bond donors (Lipinski definition) is 2. The molecule has 2 heterocycles. The van der Waals surface area contributed by atoms with Gasteiger partial charge in [-0.2, -0.15) is 5.10 Å². The molecule has 0 spiro atoms. The van der Waals surface area contributed by atoms with Crippen molar-refractivity contribution in [3.8, 4) is 0 Å². The number of pyridine rings is 1. The van der Waals surface area contributed by atoms with Crippen LogP contribution in [0.5, 0.6) is 0 Å². The molecule has 0 fully saturated rings. The van der Waals surface area contributed by atoms with Crippen molar-refractivity contribution < 1.29 is 4.79 Å². The van der Waals surface area contributed by atoms with Crippen molar-refractivity contribution >= 4 is 38.4 Å². The van der Waals surface area contributed by atoms with Gasteiger partial charge >= 0.3 is 0 Å². The van der Waals surface area contributed by atoms with Crippen molar-refractivity contribution in [1.82, 2.24) is 15.2 Å². The molecule has 1 aromatic carbocycles. The van der Waals surface area contributed by atoms with E-state index in [1.165, 1.54) is 0 Å². The summed E-state index contributed by atoms with van der Waals surface area (Å²) in [5.41, 5.74) is 1.23. The zero-order chi connectivity index (χ0) is 16.4. The van der Waals surface area contributed by atoms with E-state index in [0.29, 0.717) is 22.3 Å². The van der Waals surface area contributed by atoms with Gasteiger partial charge < -0.3 is 5.32 Å². The Morgan fingerprint density at radius 2 is 2.04 bits per heavy atom. The van der Waals surface area contributed by atoms with Gasteiger partial charge in [0, 0.05) is 16.1 Å². The zero-order valence-corrected chi connectivity index (χ0v) is 13.8. The van der Waals surface area contributed by atoms with E-state index >= 15 is 0 Å². The van der Waals surface area contributed by atoms with Gasteiger partial charge in [-0.3, -0.25) is 9.59 Å². The number of benzene rings is 1. The Morgan fingerprint density at radius 1 is 1.30 bits per heavy atom. The molecule has 23 heavy (non-hydrogen) atoms. The predicted octanol–water partition coefficient (Wildman–Crippen LogP) is 2.57. The third-order valence-corrected chi connectivity index (χ3v) is 4.25. The number of hydrogen-bond acceptors (Lipinski definition) is 4. The fourth-order valence-corrected chi connectivity index (χ4v) is 2.47. The Bertz CT molecular complexity index is 952. The largest absolute Gasteiger partial charge is 0.310 e. The molecule has 0 aliphatic carbocycles. The maximum Gasteiger partial charge on any atom is 0.272 e. The van der Waals surface area contributed by atoms with Crippen LogP contribution in [0.25, 0.3) is 10.8 Å². The number of aromatic amines is 1. The average Bonchev–Trinajstić information content (AvgIpc) is 2.54. The fraction of sp³-hybridized carbons (Fsp3) is 0.125. The molecule has 0 aliphatic heterocycles. The molecule has 7 heteroatoms. The molecule has 3 aromatic rings. The molecule has 1 amide bonds. The van der Waals surface area contributed by atoms with Crippen LogP contribution in [0, 0.1) is 6.92 Å². The van der Waals surface area contributed by atoms with Gasteiger partial charge in [-0.05, 0) is 40.5 Å². The van der Waals surface area contributed by atoms with Crippen LogP contribution in [0.4, 0.5) is 5.82 Å². The molecule has 2 aromatic heterocycles. The van der Waals surface area contributed by atoms with E-state index < -0.39 is 0 Å². The normalized spacial score (nSPS) is 10.7. The first-order valence-electron chi connectivity index (χ1n) is 6.93. The van der Waals surface area contributed by atoms with E-state index in [4.69, 9.17) is 0 Å². The second-order valence-corrected chi connectivity index (χ2v) is 5.94. The van der Waals surface area contributed by atoms with Gasteiger partial charge in [0.15, 0.2) is 0 Å². The van der Waals surface area contributed by atoms with Crippen LogP contribution >= 0.6 is 15.9 Å². The lowest BCUT2D eigenvalue weighted by atomic mass is 10.1. The van der Waals surface area contributed by atoms with Gasteiger partial charge in [0.2, 0.25) is 5.91 Å². The minimum atomic E-state index is -0.269. The summed E-state index contributed by atoms with van der Waals surface area (Å²) in [7, 11) is 0. The lowest BCUT2D eigenvalue weighted by Crippen LogP contribution is -2.19. The molecular weight excluding hydrogens is 360 g/mol. The number of halogens is 1. The second kappa shape index (κ2) is 6.29. The lowest BCUT2D eigenvalue weighted by Gasteiger charge is -2.07. The Hall–Kier alpha value is -2.54. The molecule has 0 bridgehead atoms. The molecule has 0 aliphatic rings. The smallest absolute Gasteiger partial charge is 0.272 e. The second-order valence-electron chi connectivity index (χ2n) is 5.09. The van der Waals surface area contributed by atoms with Gasteiger partial charge in [0.1, 0.15) is 5.82 Å². The number of amides is 1. The van der Waals surface area contributed by atoms with Gasteiger partial charge in [0.25, 0.3) is 5.56 Å². The zero-order valence-electron chi connectivity index (χ0n) is 12.3. The number of nitrogens with one attached hydrogen (secondary N) is 2. The molecule has 116 valence electrons. The molecule has 3 rings (SSSR count). The topological polar surface area (TPSA) is 87.7 Å². The maximum absolute atomic E-state index is 12.2. The number of aromatic nitrogens is 3. The van der Waals surface area contributed by atoms with E-state index in [9.17, 15) is 9.59 Å². The molecule has 0 saturated carbocycles. The van der Waals surface area contributed by atoms with Crippen molar-refractivity contribution in [3.63, 3.8) is 0 Å². The lowest BCUT2D eigenvalue weighted by molar-refractivity contribution is -0.115. The van der Waals surface area contributed by atoms with E-state index in [2.05, 4.69) is 36.4 Å². The molecule has 2 N–H and O–H groups in total. The number of nitrogens with zero attached hydrogens (tertiary/aromatic N) is 2. The Balaban J connectivity index is 1.84. The van der Waals surface area contributed by atoms with Crippen LogP contribution < -0.4 is 10.9 Å². The molecule has 0 atom stereocenters. The van der Waals surface area contributed by atoms with Crippen LogP contribution in [0.15, 0.2) is 45.8 Å². The van der Waals surface area contributed by atoms with Gasteiger partial charge in [-0.15, -0.1) is 0 Å². The Morgan fingerprint density at radius 3 is 2.78 bits per heavy atom. The number of H-pyrrole nitrogens is 1. The van der Waals surface area contributed by atoms with E-state index in [0.717, 1.165) is 10.0 Å². The van der Waals surface area contributed by atoms with Crippen molar-refractivity contribution in [2.75, 3.05) is 5.32 Å². The fourth-order valence-electron chi connectivity index (χ4n) is 2.25. The summed E-state index contributed by atoms with van der Waals surface area (Å²) in [6.07, 6.45) is 1.69. The van der Waals surface area contributed by atoms with E-state index in [1.54, 1.807) is 30.5 Å². The third kappa shape index (κ3) is 3.29. The van der Waals surface area contributed by atoms with Gasteiger partial charge in [-0.25, -0.2) is 10.1 Å². The molecule has 6 nitrogen and oxygen atoms in total. The number of anilines is 1. The van der Waals surface area contributed by atoms with Crippen LogP contribution in [-0.2, 0) is 11.2 Å². The maximum atomic E-state index is 12.2. The molecule has 0 unspecified atom stereocenters. The van der Waals surface area contributed by atoms with E-state index in [1.807, 2.05) is 13.0 Å². The highest BCUT2D eigenvalue weighted by atomic mass is 79.9. The number of fused-ring (bicyclic) bond motifs is 1. The highest BCUT2D eigenvalue weighted by Gasteiger charge is 2.11. The Kier molecular flexibility index (Phi) is 4.20. The van der Waals surface area contributed by atoms with Crippen LogP contribution in [0.3, 0.4) is 0 Å². The number of rotatable bonds is 3. The number of carbonyl (C=O) groups excluding carboxylic acids is 1. The summed E-state index contributed by atoms with van der Waals surface area (Å²) in [4.78, 5) is 28.1. The average molecular weight is 373 g/mol. The SMILES string of the molecule is Cc1cc(NC(=O)Cc2n[nH]c(=O)c3ccccc23)ncc1Br. The summed E-state index contributed by atoms with van der Waals surface area (Å²) in [5, 5.41) is 10.3. The van der Waals surface area contributed by atoms with Crippen LogP contribution in [-0.4, -0.2) is 21.1 Å². The highest BCUT2D eigenvalue weighted by molar-refractivity contribution is 9.10. The number of aryl methyl sites for hydroxylation is 1. The van der Waals surface area contributed by atoms with Crippen LogP contribution in [0.1, 0.15) is 11.3 Å². The minimum Gasteiger partial charge on any atom is -0.310 e. The first-order valence-corrected chi connectivity index (χ1v) is 7.72. The molecule has 0 radical (unpaired) electrons. The first kappa shape index (κ1) is 15.4. The summed E-state index contributed by atoms with van der Waals surface area (Å²) >= 11 is 3.36. The van der Waals surface area contributed by atoms with Crippen molar-refractivity contribution in [2.45, 2.75) is 13.3 Å².